The van der Waals surface area contributed by atoms with Crippen LogP contribution in [0.5, 0.6) is 0 Å². The van der Waals surface area contributed by atoms with Gasteiger partial charge in [0.15, 0.2) is 12.6 Å². The number of carbonyl (C=O) groups excluding carboxylic acids is 2. The standard InChI is InChI=1S/C30H34O2S4/c1-3-5-7-9-11-21-17-23(19-31)33-29(21)27-15-13-25(35-27)26-14-16-28(36-26)30-22(12-10-8-6-4-2)18-24(20-32)34-30/h13-20H,3-12H2,1-2H3. The van der Waals surface area contributed by atoms with Crippen LogP contribution in [-0.4, -0.2) is 12.6 Å². The largest absolute Gasteiger partial charge is 0.297 e. The summed E-state index contributed by atoms with van der Waals surface area (Å²) in [5.41, 5.74) is 2.62. The first-order valence-electron chi connectivity index (χ1n) is 13.0. The Balaban J connectivity index is 1.54. The van der Waals surface area contributed by atoms with Crippen LogP contribution in [0.25, 0.3) is 29.3 Å². The van der Waals surface area contributed by atoms with Gasteiger partial charge in [0.25, 0.3) is 0 Å². The zero-order chi connectivity index (χ0) is 25.3. The highest BCUT2D eigenvalue weighted by Crippen LogP contribution is 2.45. The fraction of sp³-hybridized carbons (Fsp3) is 0.400. The van der Waals surface area contributed by atoms with E-state index in [1.54, 1.807) is 22.7 Å². The molecule has 0 aliphatic carbocycles. The maximum atomic E-state index is 11.5. The maximum Gasteiger partial charge on any atom is 0.160 e. The molecule has 0 aliphatic heterocycles. The number of hydrogen-bond acceptors (Lipinski definition) is 6. The van der Waals surface area contributed by atoms with Crippen LogP contribution in [0.4, 0.5) is 0 Å². The van der Waals surface area contributed by atoms with E-state index in [0.29, 0.717) is 0 Å². The van der Waals surface area contributed by atoms with Crippen molar-refractivity contribution in [3.8, 4) is 29.3 Å². The summed E-state index contributed by atoms with van der Waals surface area (Å²) in [6.07, 6.45) is 13.9. The normalized spacial score (nSPS) is 11.3. The van der Waals surface area contributed by atoms with E-state index in [4.69, 9.17) is 0 Å². The van der Waals surface area contributed by atoms with Gasteiger partial charge in [-0.1, -0.05) is 52.4 Å². The molecule has 2 nitrogen and oxygen atoms in total. The van der Waals surface area contributed by atoms with Gasteiger partial charge in [-0.3, -0.25) is 9.59 Å². The fourth-order valence-electron chi connectivity index (χ4n) is 4.47. The smallest absolute Gasteiger partial charge is 0.160 e. The maximum absolute atomic E-state index is 11.5. The van der Waals surface area contributed by atoms with Crippen LogP contribution >= 0.6 is 45.3 Å². The summed E-state index contributed by atoms with van der Waals surface area (Å²) in [7, 11) is 0. The van der Waals surface area contributed by atoms with Crippen LogP contribution < -0.4 is 0 Å². The summed E-state index contributed by atoms with van der Waals surface area (Å²) in [6, 6.07) is 13.0. The van der Waals surface area contributed by atoms with Crippen molar-refractivity contribution in [1.82, 2.24) is 0 Å². The highest BCUT2D eigenvalue weighted by atomic mass is 32.1. The second kappa shape index (κ2) is 13.6. The van der Waals surface area contributed by atoms with E-state index >= 15 is 0 Å². The van der Waals surface area contributed by atoms with Crippen LogP contribution in [0, 0.1) is 0 Å². The zero-order valence-electron chi connectivity index (χ0n) is 21.1. The average Bonchev–Trinajstić information content (AvgIpc) is 3.69. The van der Waals surface area contributed by atoms with E-state index in [0.717, 1.165) is 35.2 Å². The molecule has 4 aromatic heterocycles. The van der Waals surface area contributed by atoms with Crippen molar-refractivity contribution < 1.29 is 9.59 Å². The molecule has 0 unspecified atom stereocenters. The van der Waals surface area contributed by atoms with E-state index in [-0.39, 0.29) is 0 Å². The fourth-order valence-corrected chi connectivity index (χ4v) is 8.92. The molecule has 190 valence electrons. The molecule has 0 spiro atoms. The zero-order valence-corrected chi connectivity index (χ0v) is 24.4. The molecule has 4 heterocycles. The lowest BCUT2D eigenvalue weighted by Crippen LogP contribution is -1.85. The van der Waals surface area contributed by atoms with Gasteiger partial charge in [0.05, 0.1) is 9.75 Å². The topological polar surface area (TPSA) is 34.1 Å². The first kappa shape index (κ1) is 27.2. The summed E-state index contributed by atoms with van der Waals surface area (Å²) >= 11 is 6.87. The summed E-state index contributed by atoms with van der Waals surface area (Å²) in [5.74, 6) is 0. The molecule has 6 heteroatoms. The quantitative estimate of drug-likeness (QED) is 0.108. The predicted molar refractivity (Wildman–Crippen MR) is 161 cm³/mol. The van der Waals surface area contributed by atoms with Crippen molar-refractivity contribution in [3.63, 3.8) is 0 Å². The van der Waals surface area contributed by atoms with Crippen molar-refractivity contribution in [2.75, 3.05) is 0 Å². The van der Waals surface area contributed by atoms with Gasteiger partial charge in [-0.2, -0.15) is 0 Å². The van der Waals surface area contributed by atoms with E-state index in [1.165, 1.54) is 91.8 Å². The lowest BCUT2D eigenvalue weighted by Gasteiger charge is -2.02. The third-order valence-electron chi connectivity index (χ3n) is 6.39. The Morgan fingerprint density at radius 3 is 1.36 bits per heavy atom. The average molecular weight is 555 g/mol. The molecule has 0 atom stereocenters. The Labute approximate surface area is 231 Å². The molecule has 0 saturated heterocycles. The Morgan fingerprint density at radius 2 is 0.972 bits per heavy atom. The van der Waals surface area contributed by atoms with Crippen LogP contribution in [0.2, 0.25) is 0 Å². The van der Waals surface area contributed by atoms with Crippen molar-refractivity contribution in [2.45, 2.75) is 78.1 Å². The minimum atomic E-state index is 0.819. The molecule has 0 saturated carbocycles. The Hall–Kier alpha value is -1.86. The summed E-state index contributed by atoms with van der Waals surface area (Å²) in [5, 5.41) is 0. The molecular weight excluding hydrogens is 521 g/mol. The molecule has 4 aromatic rings. The lowest BCUT2D eigenvalue weighted by molar-refractivity contribution is 0.111. The molecule has 0 aromatic carbocycles. The molecule has 36 heavy (non-hydrogen) atoms. The van der Waals surface area contributed by atoms with Gasteiger partial charge in [0.1, 0.15) is 0 Å². The van der Waals surface area contributed by atoms with E-state index in [1.807, 2.05) is 22.7 Å². The highest BCUT2D eigenvalue weighted by Gasteiger charge is 2.17. The second-order valence-electron chi connectivity index (χ2n) is 9.19. The van der Waals surface area contributed by atoms with Crippen LogP contribution in [0.1, 0.15) is 95.7 Å². The van der Waals surface area contributed by atoms with Crippen LogP contribution in [0.3, 0.4) is 0 Å². The van der Waals surface area contributed by atoms with Gasteiger partial charge in [-0.05, 0) is 73.2 Å². The van der Waals surface area contributed by atoms with Gasteiger partial charge < -0.3 is 0 Å². The number of rotatable bonds is 15. The van der Waals surface area contributed by atoms with Gasteiger partial charge in [-0.25, -0.2) is 0 Å². The third-order valence-corrected chi connectivity index (χ3v) is 11.3. The summed E-state index contributed by atoms with van der Waals surface area (Å²) < 4.78 is 0. The number of unbranched alkanes of at least 4 members (excludes halogenated alkanes) is 6. The Morgan fingerprint density at radius 1 is 0.556 bits per heavy atom. The monoisotopic (exact) mass is 554 g/mol. The van der Waals surface area contributed by atoms with Crippen molar-refractivity contribution in [1.29, 1.82) is 0 Å². The molecular formula is C30H34O2S4. The molecule has 0 bridgehead atoms. The van der Waals surface area contributed by atoms with Gasteiger partial charge in [0.2, 0.25) is 0 Å². The third kappa shape index (κ3) is 6.71. The number of aldehydes is 2. The van der Waals surface area contributed by atoms with E-state index < -0.39 is 0 Å². The number of aryl methyl sites for hydroxylation is 2. The predicted octanol–water partition coefficient (Wildman–Crippen LogP) is 10.8. The Kier molecular flexibility index (Phi) is 10.3. The van der Waals surface area contributed by atoms with Crippen LogP contribution in [0.15, 0.2) is 36.4 Å². The number of carbonyl (C=O) groups is 2. The van der Waals surface area contributed by atoms with Crippen LogP contribution in [-0.2, 0) is 12.8 Å². The molecule has 0 N–H and O–H groups in total. The van der Waals surface area contributed by atoms with Gasteiger partial charge in [0, 0.05) is 29.3 Å². The highest BCUT2D eigenvalue weighted by molar-refractivity contribution is 7.29. The molecule has 0 amide bonds. The second-order valence-corrected chi connectivity index (χ2v) is 13.5. The summed E-state index contributed by atoms with van der Waals surface area (Å²) in [4.78, 5) is 32.1. The number of thiophene rings is 4. The molecule has 4 rings (SSSR count). The van der Waals surface area contributed by atoms with Gasteiger partial charge in [-0.15, -0.1) is 45.3 Å². The van der Waals surface area contributed by atoms with Crippen molar-refractivity contribution in [3.05, 3.63) is 57.3 Å². The minimum absolute atomic E-state index is 0.819. The number of hydrogen-bond donors (Lipinski definition) is 0. The molecule has 0 fully saturated rings. The molecule has 0 aliphatic rings. The van der Waals surface area contributed by atoms with Crippen molar-refractivity contribution in [2.24, 2.45) is 0 Å². The van der Waals surface area contributed by atoms with Gasteiger partial charge >= 0.3 is 0 Å². The first-order valence-corrected chi connectivity index (χ1v) is 16.3. The SMILES string of the molecule is CCCCCCc1cc(C=O)sc1-c1ccc(-c2ccc(-c3sc(C=O)cc3CCCCCC)s2)s1. The van der Waals surface area contributed by atoms with E-state index in [9.17, 15) is 9.59 Å². The van der Waals surface area contributed by atoms with Crippen molar-refractivity contribution >= 4 is 57.9 Å². The first-order chi connectivity index (χ1) is 17.7. The molecule has 0 radical (unpaired) electrons. The minimum Gasteiger partial charge on any atom is -0.297 e. The van der Waals surface area contributed by atoms with E-state index in [2.05, 4.69) is 50.2 Å². The lowest BCUT2D eigenvalue weighted by atomic mass is 10.1. The Bertz CT molecular complexity index is 1170. The summed E-state index contributed by atoms with van der Waals surface area (Å²) in [6.45, 7) is 4.47.